The average Bonchev–Trinajstić information content (AvgIpc) is 3.52. The largest absolute Gasteiger partial charge is 0.454 e. The molecule has 0 N–H and O–H groups in total. The minimum absolute atomic E-state index is 0.205. The fraction of sp³-hybridized carbons (Fsp3) is 0.0435. The third-order valence-electron chi connectivity index (χ3n) is 4.62. The lowest BCUT2D eigenvalue weighted by Crippen LogP contribution is -1.93. The molecule has 0 aliphatic carbocycles. The highest BCUT2D eigenvalue weighted by molar-refractivity contribution is 7.13. The number of thiophene rings is 1. The van der Waals surface area contributed by atoms with E-state index in [4.69, 9.17) is 14.6 Å². The van der Waals surface area contributed by atoms with Crippen LogP contribution in [0.25, 0.3) is 27.9 Å². The first-order chi connectivity index (χ1) is 14.3. The molecule has 3 heterocycles. The molecule has 0 saturated carbocycles. The Morgan fingerprint density at radius 1 is 1.07 bits per heavy atom. The van der Waals surface area contributed by atoms with Gasteiger partial charge in [0, 0.05) is 11.8 Å². The van der Waals surface area contributed by atoms with Crippen molar-refractivity contribution in [1.29, 1.82) is 5.26 Å². The van der Waals surface area contributed by atoms with Crippen molar-refractivity contribution in [1.82, 2.24) is 9.78 Å². The van der Waals surface area contributed by atoms with Gasteiger partial charge in [0.2, 0.25) is 6.79 Å². The number of hydrogen-bond donors (Lipinski definition) is 0. The first kappa shape index (κ1) is 17.3. The minimum Gasteiger partial charge on any atom is -0.454 e. The van der Waals surface area contributed by atoms with Gasteiger partial charge in [-0.1, -0.05) is 24.3 Å². The molecule has 4 aromatic rings. The fourth-order valence-corrected chi connectivity index (χ4v) is 3.94. The van der Waals surface area contributed by atoms with E-state index in [1.807, 2.05) is 83.0 Å². The summed E-state index contributed by atoms with van der Waals surface area (Å²) in [5.74, 6) is 1.35. The fourth-order valence-electron chi connectivity index (χ4n) is 3.21. The highest BCUT2D eigenvalue weighted by Crippen LogP contribution is 2.36. The predicted octanol–water partition coefficient (Wildman–Crippen LogP) is 5.39. The average molecular weight is 397 g/mol. The Morgan fingerprint density at radius 2 is 1.93 bits per heavy atom. The Balaban J connectivity index is 1.62. The van der Waals surface area contributed by atoms with Crippen LogP contribution in [0.4, 0.5) is 0 Å². The minimum atomic E-state index is 0.205. The van der Waals surface area contributed by atoms with Gasteiger partial charge in [-0.05, 0) is 53.4 Å². The Hall–Kier alpha value is -3.82. The zero-order valence-electron chi connectivity index (χ0n) is 15.3. The molecule has 0 bridgehead atoms. The lowest BCUT2D eigenvalue weighted by atomic mass is 10.0. The molecule has 0 radical (unpaired) electrons. The molecule has 5 rings (SSSR count). The van der Waals surface area contributed by atoms with Crippen molar-refractivity contribution in [3.8, 4) is 33.8 Å². The summed E-state index contributed by atoms with van der Waals surface area (Å²) in [6.07, 6.45) is 3.83. The normalized spacial score (nSPS) is 12.7. The van der Waals surface area contributed by atoms with Gasteiger partial charge in [-0.2, -0.15) is 10.4 Å². The SMILES string of the molecule is N#C/C(=C\c1cn(-c2ccccc2)nc1-c1cccs1)c1ccc2c(c1)OCO2. The molecule has 0 saturated heterocycles. The number of nitrogens with zero attached hydrogens (tertiary/aromatic N) is 3. The van der Waals surface area contributed by atoms with E-state index in [2.05, 4.69) is 6.07 Å². The number of benzene rings is 2. The van der Waals surface area contributed by atoms with Gasteiger partial charge in [0.15, 0.2) is 11.5 Å². The lowest BCUT2D eigenvalue weighted by molar-refractivity contribution is 0.174. The van der Waals surface area contributed by atoms with Gasteiger partial charge in [-0.15, -0.1) is 11.3 Å². The summed E-state index contributed by atoms with van der Waals surface area (Å²) in [7, 11) is 0. The van der Waals surface area contributed by atoms with Crippen LogP contribution in [0.1, 0.15) is 11.1 Å². The van der Waals surface area contributed by atoms with Crippen LogP contribution in [0.3, 0.4) is 0 Å². The molecule has 140 valence electrons. The summed E-state index contributed by atoms with van der Waals surface area (Å²) in [4.78, 5) is 1.05. The molecule has 0 amide bonds. The third-order valence-corrected chi connectivity index (χ3v) is 5.50. The lowest BCUT2D eigenvalue weighted by Gasteiger charge is -2.02. The Kier molecular flexibility index (Phi) is 4.35. The van der Waals surface area contributed by atoms with Crippen LogP contribution in [0.15, 0.2) is 72.2 Å². The van der Waals surface area contributed by atoms with Crippen LogP contribution in [0.5, 0.6) is 11.5 Å². The van der Waals surface area contributed by atoms with Gasteiger partial charge < -0.3 is 9.47 Å². The van der Waals surface area contributed by atoms with Crippen LogP contribution >= 0.6 is 11.3 Å². The number of allylic oxidation sites excluding steroid dienone is 1. The molecule has 29 heavy (non-hydrogen) atoms. The zero-order chi connectivity index (χ0) is 19.6. The van der Waals surface area contributed by atoms with E-state index < -0.39 is 0 Å². The van der Waals surface area contributed by atoms with Gasteiger partial charge in [-0.3, -0.25) is 0 Å². The third kappa shape index (κ3) is 3.28. The molecule has 0 atom stereocenters. The summed E-state index contributed by atoms with van der Waals surface area (Å²) >= 11 is 1.62. The Morgan fingerprint density at radius 3 is 2.72 bits per heavy atom. The van der Waals surface area contributed by atoms with E-state index in [1.54, 1.807) is 11.3 Å². The van der Waals surface area contributed by atoms with Gasteiger partial charge in [0.05, 0.1) is 22.2 Å². The molecule has 2 aromatic heterocycles. The molecule has 2 aromatic carbocycles. The van der Waals surface area contributed by atoms with Gasteiger partial charge in [-0.25, -0.2) is 4.68 Å². The smallest absolute Gasteiger partial charge is 0.231 e. The molecule has 0 fully saturated rings. The van der Waals surface area contributed by atoms with Crippen LogP contribution in [-0.4, -0.2) is 16.6 Å². The number of ether oxygens (including phenoxy) is 2. The van der Waals surface area contributed by atoms with Crippen LogP contribution < -0.4 is 9.47 Å². The summed E-state index contributed by atoms with van der Waals surface area (Å²) in [5, 5.41) is 16.6. The maximum absolute atomic E-state index is 9.82. The van der Waals surface area contributed by atoms with E-state index >= 15 is 0 Å². The number of aromatic nitrogens is 2. The molecule has 1 aliphatic heterocycles. The highest BCUT2D eigenvalue weighted by atomic mass is 32.1. The van der Waals surface area contributed by atoms with Crippen molar-refractivity contribution in [3.05, 3.63) is 83.4 Å². The summed E-state index contributed by atoms with van der Waals surface area (Å²) in [5.41, 5.74) is 4.00. The summed E-state index contributed by atoms with van der Waals surface area (Å²) < 4.78 is 12.7. The second-order valence-electron chi connectivity index (χ2n) is 6.43. The molecule has 1 aliphatic rings. The molecule has 0 unspecified atom stereocenters. The molecule has 5 nitrogen and oxygen atoms in total. The van der Waals surface area contributed by atoms with Crippen LogP contribution in [0, 0.1) is 11.3 Å². The summed E-state index contributed by atoms with van der Waals surface area (Å²) in [6, 6.07) is 21.8. The number of fused-ring (bicyclic) bond motifs is 1. The maximum atomic E-state index is 9.82. The summed E-state index contributed by atoms with van der Waals surface area (Å²) in [6.45, 7) is 0.205. The number of nitriles is 1. The van der Waals surface area contributed by atoms with Crippen molar-refractivity contribution in [2.45, 2.75) is 0 Å². The second-order valence-corrected chi connectivity index (χ2v) is 7.38. The van der Waals surface area contributed by atoms with E-state index in [0.29, 0.717) is 17.1 Å². The van der Waals surface area contributed by atoms with Crippen molar-refractivity contribution in [2.75, 3.05) is 6.79 Å². The number of hydrogen-bond acceptors (Lipinski definition) is 5. The first-order valence-corrected chi connectivity index (χ1v) is 9.90. The number of rotatable bonds is 4. The van der Waals surface area contributed by atoms with Crippen LogP contribution in [0.2, 0.25) is 0 Å². The maximum Gasteiger partial charge on any atom is 0.231 e. The molecular formula is C23H15N3O2S. The first-order valence-electron chi connectivity index (χ1n) is 9.02. The van der Waals surface area contributed by atoms with Crippen LogP contribution in [-0.2, 0) is 0 Å². The van der Waals surface area contributed by atoms with E-state index in [0.717, 1.165) is 27.4 Å². The van der Waals surface area contributed by atoms with E-state index in [-0.39, 0.29) is 6.79 Å². The zero-order valence-corrected chi connectivity index (χ0v) is 16.1. The monoisotopic (exact) mass is 397 g/mol. The second kappa shape index (κ2) is 7.30. The van der Waals surface area contributed by atoms with Gasteiger partial charge in [0.1, 0.15) is 5.69 Å². The van der Waals surface area contributed by atoms with Crippen molar-refractivity contribution < 1.29 is 9.47 Å². The van der Waals surface area contributed by atoms with Gasteiger partial charge in [0.25, 0.3) is 0 Å². The van der Waals surface area contributed by atoms with Crippen molar-refractivity contribution >= 4 is 23.0 Å². The number of para-hydroxylation sites is 1. The molecule has 0 spiro atoms. The Bertz CT molecular complexity index is 1240. The topological polar surface area (TPSA) is 60.1 Å². The van der Waals surface area contributed by atoms with E-state index in [9.17, 15) is 5.26 Å². The van der Waals surface area contributed by atoms with Gasteiger partial charge >= 0.3 is 0 Å². The standard InChI is InChI=1S/C23H15N3O2S/c24-13-17(16-8-9-20-21(12-16)28-15-27-20)11-18-14-26(19-5-2-1-3-6-19)25-23(18)22-7-4-10-29-22/h1-12,14H,15H2/b17-11+. The molecule has 6 heteroatoms. The van der Waals surface area contributed by atoms with Crippen molar-refractivity contribution in [2.24, 2.45) is 0 Å². The molecular weight excluding hydrogens is 382 g/mol. The highest BCUT2D eigenvalue weighted by Gasteiger charge is 2.17. The predicted molar refractivity (Wildman–Crippen MR) is 113 cm³/mol. The quantitative estimate of drug-likeness (QED) is 0.433. The Labute approximate surface area is 171 Å². The van der Waals surface area contributed by atoms with E-state index in [1.165, 1.54) is 0 Å². The van der Waals surface area contributed by atoms with Crippen molar-refractivity contribution in [3.63, 3.8) is 0 Å².